The fourth-order valence-corrected chi connectivity index (χ4v) is 2.93. The van der Waals surface area contributed by atoms with Crippen LogP contribution in [0.1, 0.15) is 25.3 Å². The smallest absolute Gasteiger partial charge is 0.227 e. The molecule has 1 aromatic carbocycles. The third-order valence-corrected chi connectivity index (χ3v) is 4.17. The van der Waals surface area contributed by atoms with E-state index in [4.69, 9.17) is 0 Å². The number of rotatable bonds is 3. The zero-order valence-electron chi connectivity index (χ0n) is 13.8. The highest BCUT2D eigenvalue weighted by atomic mass is 35.5. The third-order valence-electron chi connectivity index (χ3n) is 4.17. The fourth-order valence-electron chi connectivity index (χ4n) is 2.93. The van der Waals surface area contributed by atoms with Gasteiger partial charge in [0.25, 0.3) is 0 Å². The lowest BCUT2D eigenvalue weighted by Crippen LogP contribution is -2.40. The summed E-state index contributed by atoms with van der Waals surface area (Å²) in [5, 5.41) is 10.2. The molecule has 130 valence electrons. The van der Waals surface area contributed by atoms with Crippen LogP contribution < -0.4 is 10.6 Å². The number of amides is 1. The molecule has 2 heterocycles. The van der Waals surface area contributed by atoms with Gasteiger partial charge in [-0.3, -0.25) is 4.79 Å². The van der Waals surface area contributed by atoms with E-state index in [1.165, 1.54) is 10.7 Å². The summed E-state index contributed by atoms with van der Waals surface area (Å²) in [5.74, 6) is -0.479. The first-order chi connectivity index (χ1) is 11.0. The van der Waals surface area contributed by atoms with E-state index in [9.17, 15) is 9.18 Å². The monoisotopic (exact) mass is 352 g/mol. The summed E-state index contributed by atoms with van der Waals surface area (Å²) in [6.45, 7) is 4.81. The molecule has 0 radical (unpaired) electrons. The van der Waals surface area contributed by atoms with Gasteiger partial charge in [0.2, 0.25) is 5.91 Å². The van der Waals surface area contributed by atoms with Crippen molar-refractivity contribution in [2.24, 2.45) is 5.92 Å². The predicted octanol–water partition coefficient (Wildman–Crippen LogP) is 3.07. The Morgan fingerprint density at radius 2 is 2.25 bits per heavy atom. The van der Waals surface area contributed by atoms with Gasteiger partial charge in [-0.2, -0.15) is 5.10 Å². The SMILES string of the molecule is Cc1cnn(-c2ccc(NC(=O)[C@H]3CCN[C@@H](C)C3)cc2F)c1.Cl. The minimum Gasteiger partial charge on any atom is -0.326 e. The topological polar surface area (TPSA) is 59.0 Å². The van der Waals surface area contributed by atoms with Gasteiger partial charge in [-0.25, -0.2) is 9.07 Å². The highest BCUT2D eigenvalue weighted by Crippen LogP contribution is 2.21. The second-order valence-corrected chi connectivity index (χ2v) is 6.19. The van der Waals surface area contributed by atoms with Gasteiger partial charge in [0.1, 0.15) is 5.69 Å². The molecule has 0 aliphatic carbocycles. The van der Waals surface area contributed by atoms with E-state index >= 15 is 0 Å². The number of piperidine rings is 1. The van der Waals surface area contributed by atoms with Gasteiger partial charge in [0.15, 0.2) is 5.82 Å². The van der Waals surface area contributed by atoms with Crippen molar-refractivity contribution in [3.63, 3.8) is 0 Å². The number of carbonyl (C=O) groups excluding carboxylic acids is 1. The van der Waals surface area contributed by atoms with Crippen molar-refractivity contribution in [2.75, 3.05) is 11.9 Å². The molecule has 2 N–H and O–H groups in total. The molecular weight excluding hydrogens is 331 g/mol. The van der Waals surface area contributed by atoms with Crippen LogP contribution in [0.5, 0.6) is 0 Å². The van der Waals surface area contributed by atoms with E-state index in [-0.39, 0.29) is 24.2 Å². The van der Waals surface area contributed by atoms with Crippen molar-refractivity contribution in [1.82, 2.24) is 15.1 Å². The van der Waals surface area contributed by atoms with E-state index in [0.717, 1.165) is 24.9 Å². The van der Waals surface area contributed by atoms with Crippen molar-refractivity contribution < 1.29 is 9.18 Å². The van der Waals surface area contributed by atoms with Crippen molar-refractivity contribution >= 4 is 24.0 Å². The van der Waals surface area contributed by atoms with E-state index in [2.05, 4.69) is 22.7 Å². The summed E-state index contributed by atoms with van der Waals surface area (Å²) < 4.78 is 15.8. The van der Waals surface area contributed by atoms with E-state index in [0.29, 0.717) is 17.4 Å². The Morgan fingerprint density at radius 3 is 2.88 bits per heavy atom. The number of halogens is 2. The highest BCUT2D eigenvalue weighted by Gasteiger charge is 2.24. The van der Waals surface area contributed by atoms with Crippen molar-refractivity contribution in [1.29, 1.82) is 0 Å². The first-order valence-electron chi connectivity index (χ1n) is 7.88. The second kappa shape index (κ2) is 7.77. The van der Waals surface area contributed by atoms with Crippen molar-refractivity contribution in [3.8, 4) is 5.69 Å². The Morgan fingerprint density at radius 1 is 1.46 bits per heavy atom. The second-order valence-electron chi connectivity index (χ2n) is 6.19. The zero-order valence-corrected chi connectivity index (χ0v) is 14.6. The highest BCUT2D eigenvalue weighted by molar-refractivity contribution is 5.92. The Labute approximate surface area is 147 Å². The van der Waals surface area contributed by atoms with E-state index < -0.39 is 5.82 Å². The molecule has 3 rings (SSSR count). The number of nitrogens with zero attached hydrogens (tertiary/aromatic N) is 2. The standard InChI is InChI=1S/C17H21FN4O.ClH/c1-11-9-20-22(10-11)16-4-3-14(8-15(16)18)21-17(23)13-5-6-19-12(2)7-13;/h3-4,8-10,12-13,19H,5-7H2,1-2H3,(H,21,23);1H/t12-,13-;/m0./s1. The van der Waals surface area contributed by atoms with Crippen molar-refractivity contribution in [2.45, 2.75) is 32.7 Å². The average molecular weight is 353 g/mol. The number of anilines is 1. The lowest BCUT2D eigenvalue weighted by atomic mass is 9.92. The predicted molar refractivity (Wildman–Crippen MR) is 94.3 cm³/mol. The van der Waals surface area contributed by atoms with Gasteiger partial charge < -0.3 is 10.6 Å². The molecule has 1 aliphatic heterocycles. The van der Waals surface area contributed by atoms with Crippen LogP contribution in [0, 0.1) is 18.7 Å². The maximum atomic E-state index is 14.3. The number of benzene rings is 1. The van der Waals surface area contributed by atoms with Gasteiger partial charge in [-0.05, 0) is 57.0 Å². The average Bonchev–Trinajstić information content (AvgIpc) is 2.93. The molecule has 0 saturated carbocycles. The lowest BCUT2D eigenvalue weighted by Gasteiger charge is -2.27. The maximum absolute atomic E-state index is 14.3. The normalized spacial score (nSPS) is 20.3. The van der Waals surface area contributed by atoms with Gasteiger partial charge in [0, 0.05) is 23.8 Å². The molecule has 2 atom stereocenters. The van der Waals surface area contributed by atoms with Crippen molar-refractivity contribution in [3.05, 3.63) is 42.0 Å². The zero-order chi connectivity index (χ0) is 16.4. The van der Waals surface area contributed by atoms with E-state index in [1.54, 1.807) is 24.5 Å². The minimum atomic E-state index is -0.412. The molecule has 7 heteroatoms. The Balaban J connectivity index is 0.00000208. The first kappa shape index (κ1) is 18.4. The molecule has 1 amide bonds. The summed E-state index contributed by atoms with van der Waals surface area (Å²) in [6, 6.07) is 5.01. The summed E-state index contributed by atoms with van der Waals surface area (Å²) in [7, 11) is 0. The van der Waals surface area contributed by atoms with Gasteiger partial charge in [-0.15, -0.1) is 12.4 Å². The Kier molecular flexibility index (Phi) is 5.96. The molecule has 1 aliphatic rings. The van der Waals surface area contributed by atoms with Gasteiger partial charge in [-0.1, -0.05) is 0 Å². The van der Waals surface area contributed by atoms with E-state index in [1.807, 2.05) is 6.92 Å². The molecule has 24 heavy (non-hydrogen) atoms. The number of aryl methyl sites for hydroxylation is 1. The number of aromatic nitrogens is 2. The van der Waals surface area contributed by atoms with Crippen LogP contribution in [0.25, 0.3) is 5.69 Å². The first-order valence-corrected chi connectivity index (χ1v) is 7.88. The molecule has 1 fully saturated rings. The quantitative estimate of drug-likeness (QED) is 0.892. The molecule has 0 bridgehead atoms. The minimum absolute atomic E-state index is 0. The summed E-state index contributed by atoms with van der Waals surface area (Å²) in [4.78, 5) is 12.3. The third kappa shape index (κ3) is 4.13. The summed E-state index contributed by atoms with van der Waals surface area (Å²) in [5.41, 5.74) is 1.81. The van der Waals surface area contributed by atoms with Crippen LogP contribution in [0.2, 0.25) is 0 Å². The number of nitrogens with one attached hydrogen (secondary N) is 2. The van der Waals surface area contributed by atoms with Gasteiger partial charge >= 0.3 is 0 Å². The number of hydrogen-bond donors (Lipinski definition) is 2. The molecule has 0 unspecified atom stereocenters. The largest absolute Gasteiger partial charge is 0.326 e. The number of hydrogen-bond acceptors (Lipinski definition) is 3. The van der Waals surface area contributed by atoms with Crippen LogP contribution in [-0.4, -0.2) is 28.3 Å². The molecule has 1 aromatic heterocycles. The molecular formula is C17H22ClFN4O. The van der Waals surface area contributed by atoms with Crippen LogP contribution in [0.15, 0.2) is 30.6 Å². The summed E-state index contributed by atoms with van der Waals surface area (Å²) >= 11 is 0. The molecule has 1 saturated heterocycles. The Hall–Kier alpha value is -1.92. The molecule has 2 aromatic rings. The Bertz CT molecular complexity index is 718. The van der Waals surface area contributed by atoms with Crippen LogP contribution in [-0.2, 0) is 4.79 Å². The number of carbonyl (C=O) groups is 1. The molecule has 0 spiro atoms. The van der Waals surface area contributed by atoms with Crippen LogP contribution >= 0.6 is 12.4 Å². The molecule has 5 nitrogen and oxygen atoms in total. The van der Waals surface area contributed by atoms with Gasteiger partial charge in [0.05, 0.1) is 6.20 Å². The summed E-state index contributed by atoms with van der Waals surface area (Å²) in [6.07, 6.45) is 5.04. The lowest BCUT2D eigenvalue weighted by molar-refractivity contribution is -0.120. The van der Waals surface area contributed by atoms with Crippen LogP contribution in [0.4, 0.5) is 10.1 Å². The maximum Gasteiger partial charge on any atom is 0.227 e. The van der Waals surface area contributed by atoms with Crippen LogP contribution in [0.3, 0.4) is 0 Å². The fraction of sp³-hybridized carbons (Fsp3) is 0.412.